The lowest BCUT2D eigenvalue weighted by Gasteiger charge is -2.22. The molecule has 0 heterocycles. The molecule has 1 saturated carbocycles. The fraction of sp³-hybridized carbons (Fsp3) is 0.500. The lowest BCUT2D eigenvalue weighted by Crippen LogP contribution is -2.25. The molecule has 0 bridgehead atoms. The van der Waals surface area contributed by atoms with Crippen molar-refractivity contribution in [2.75, 3.05) is 5.32 Å². The fourth-order valence-corrected chi connectivity index (χ4v) is 2.01. The molecule has 0 amide bonds. The van der Waals surface area contributed by atoms with E-state index in [9.17, 15) is 4.39 Å². The molecule has 1 atom stereocenters. The second kappa shape index (κ2) is 3.78. The topological polar surface area (TPSA) is 12.0 Å². The Hall–Kier alpha value is -0.570. The summed E-state index contributed by atoms with van der Waals surface area (Å²) in [6, 6.07) is 5.30. The molecule has 3 heteroatoms. The maximum absolute atomic E-state index is 13.5. The Bertz CT molecular complexity index is 374. The Morgan fingerprint density at radius 1 is 1.47 bits per heavy atom. The van der Waals surface area contributed by atoms with Crippen LogP contribution in [0.15, 0.2) is 22.7 Å². The molecular weight excluding hydrogens is 257 g/mol. The summed E-state index contributed by atoms with van der Waals surface area (Å²) in [6.45, 7) is 4.36. The molecule has 1 aliphatic carbocycles. The van der Waals surface area contributed by atoms with Gasteiger partial charge in [-0.2, -0.15) is 0 Å². The van der Waals surface area contributed by atoms with Crippen molar-refractivity contribution >= 4 is 21.6 Å². The molecule has 1 aliphatic rings. The summed E-state index contributed by atoms with van der Waals surface area (Å²) < 4.78 is 14.4. The van der Waals surface area contributed by atoms with Gasteiger partial charge < -0.3 is 5.32 Å². The van der Waals surface area contributed by atoms with Crippen molar-refractivity contribution in [1.82, 2.24) is 0 Å². The summed E-state index contributed by atoms with van der Waals surface area (Å²) in [6.07, 6.45) is 2.47. The van der Waals surface area contributed by atoms with Gasteiger partial charge in [-0.05, 0) is 43.4 Å². The molecule has 1 unspecified atom stereocenters. The maximum Gasteiger partial charge on any atom is 0.146 e. The zero-order valence-electron chi connectivity index (χ0n) is 8.98. The van der Waals surface area contributed by atoms with Crippen molar-refractivity contribution in [2.45, 2.75) is 32.7 Å². The predicted molar refractivity (Wildman–Crippen MR) is 64.5 cm³/mol. The van der Waals surface area contributed by atoms with Gasteiger partial charge in [0, 0.05) is 10.5 Å². The number of halogens is 2. The first-order chi connectivity index (χ1) is 7.01. The summed E-state index contributed by atoms with van der Waals surface area (Å²) in [7, 11) is 0. The molecule has 1 aromatic carbocycles. The molecule has 0 spiro atoms. The van der Waals surface area contributed by atoms with Crippen molar-refractivity contribution in [1.29, 1.82) is 0 Å². The number of nitrogens with one attached hydrogen (secondary N) is 1. The van der Waals surface area contributed by atoms with Crippen LogP contribution in [-0.4, -0.2) is 6.04 Å². The minimum atomic E-state index is -0.186. The molecule has 0 saturated heterocycles. The van der Waals surface area contributed by atoms with Crippen molar-refractivity contribution < 1.29 is 4.39 Å². The van der Waals surface area contributed by atoms with Crippen LogP contribution in [0.5, 0.6) is 0 Å². The molecular formula is C12H15BrFN. The van der Waals surface area contributed by atoms with E-state index in [2.05, 4.69) is 35.1 Å². The zero-order valence-corrected chi connectivity index (χ0v) is 10.6. The summed E-state index contributed by atoms with van der Waals surface area (Å²) in [4.78, 5) is 0. The van der Waals surface area contributed by atoms with E-state index in [1.807, 2.05) is 0 Å². The van der Waals surface area contributed by atoms with E-state index in [4.69, 9.17) is 0 Å². The third-order valence-electron chi connectivity index (χ3n) is 3.38. The summed E-state index contributed by atoms with van der Waals surface area (Å²) in [5.74, 6) is -0.186. The van der Waals surface area contributed by atoms with E-state index >= 15 is 0 Å². The average Bonchev–Trinajstić information content (AvgIpc) is 2.91. The highest BCUT2D eigenvalue weighted by Crippen LogP contribution is 2.48. The monoisotopic (exact) mass is 271 g/mol. The molecule has 82 valence electrons. The van der Waals surface area contributed by atoms with Crippen molar-refractivity contribution in [2.24, 2.45) is 5.41 Å². The van der Waals surface area contributed by atoms with Crippen LogP contribution in [-0.2, 0) is 0 Å². The van der Waals surface area contributed by atoms with Crippen LogP contribution in [0.1, 0.15) is 26.7 Å². The second-order valence-corrected chi connectivity index (χ2v) is 5.56. The van der Waals surface area contributed by atoms with Gasteiger partial charge in [0.25, 0.3) is 0 Å². The fourth-order valence-electron chi connectivity index (χ4n) is 1.65. The normalized spacial score (nSPS) is 19.7. The second-order valence-electron chi connectivity index (χ2n) is 4.64. The van der Waals surface area contributed by atoms with Crippen molar-refractivity contribution in [3.05, 3.63) is 28.5 Å². The third-order valence-corrected chi connectivity index (χ3v) is 3.88. The standard InChI is InChI=1S/C12H15BrFN/c1-8(12(2)5-6-12)15-11-7-9(13)3-4-10(11)14/h3-4,7-8,15H,5-6H2,1-2H3. The van der Waals surface area contributed by atoms with Gasteiger partial charge >= 0.3 is 0 Å². The van der Waals surface area contributed by atoms with Crippen molar-refractivity contribution in [3.8, 4) is 0 Å². The molecule has 15 heavy (non-hydrogen) atoms. The molecule has 1 aromatic rings. The Labute approximate surface area is 98.2 Å². The lowest BCUT2D eigenvalue weighted by molar-refractivity contribution is 0.490. The summed E-state index contributed by atoms with van der Waals surface area (Å²) in [5, 5.41) is 3.25. The smallest absolute Gasteiger partial charge is 0.146 e. The number of benzene rings is 1. The molecule has 0 aliphatic heterocycles. The first kappa shape index (κ1) is 10.9. The molecule has 1 nitrogen and oxygen atoms in total. The highest BCUT2D eigenvalue weighted by atomic mass is 79.9. The van der Waals surface area contributed by atoms with Gasteiger partial charge in [-0.15, -0.1) is 0 Å². The van der Waals surface area contributed by atoms with E-state index in [1.54, 1.807) is 12.1 Å². The van der Waals surface area contributed by atoms with Crippen LogP contribution < -0.4 is 5.32 Å². The number of hydrogen-bond acceptors (Lipinski definition) is 1. The Morgan fingerprint density at radius 2 is 2.13 bits per heavy atom. The minimum Gasteiger partial charge on any atom is -0.380 e. The number of anilines is 1. The molecule has 1 N–H and O–H groups in total. The molecule has 0 aromatic heterocycles. The van der Waals surface area contributed by atoms with Crippen LogP contribution in [0.2, 0.25) is 0 Å². The van der Waals surface area contributed by atoms with Crippen LogP contribution >= 0.6 is 15.9 Å². The highest BCUT2D eigenvalue weighted by Gasteiger charge is 2.42. The minimum absolute atomic E-state index is 0.186. The van der Waals surface area contributed by atoms with E-state index in [0.717, 1.165) is 4.47 Å². The van der Waals surface area contributed by atoms with E-state index in [1.165, 1.54) is 18.9 Å². The van der Waals surface area contributed by atoms with Gasteiger partial charge in [0.2, 0.25) is 0 Å². The van der Waals surface area contributed by atoms with Crippen molar-refractivity contribution in [3.63, 3.8) is 0 Å². The van der Waals surface area contributed by atoms with Crippen LogP contribution in [0.4, 0.5) is 10.1 Å². The largest absolute Gasteiger partial charge is 0.380 e. The Balaban J connectivity index is 2.13. The Kier molecular flexibility index (Phi) is 2.75. The van der Waals surface area contributed by atoms with Crippen LogP contribution in [0.3, 0.4) is 0 Å². The Morgan fingerprint density at radius 3 is 2.73 bits per heavy atom. The zero-order chi connectivity index (χ0) is 11.1. The number of rotatable bonds is 3. The van der Waals surface area contributed by atoms with Gasteiger partial charge in [-0.3, -0.25) is 0 Å². The SMILES string of the molecule is CC(Nc1cc(Br)ccc1F)C1(C)CC1. The predicted octanol–water partition coefficient (Wildman–Crippen LogP) is 4.19. The molecule has 1 fully saturated rings. The first-order valence-corrected chi connectivity index (χ1v) is 6.02. The number of hydrogen-bond donors (Lipinski definition) is 1. The van der Waals surface area contributed by atoms with Gasteiger partial charge in [0.1, 0.15) is 5.82 Å². The van der Waals surface area contributed by atoms with Gasteiger partial charge in [0.15, 0.2) is 0 Å². The summed E-state index contributed by atoms with van der Waals surface area (Å²) >= 11 is 3.35. The first-order valence-electron chi connectivity index (χ1n) is 5.23. The van der Waals surface area contributed by atoms with Gasteiger partial charge in [-0.25, -0.2) is 4.39 Å². The van der Waals surface area contributed by atoms with Gasteiger partial charge in [0.05, 0.1) is 5.69 Å². The maximum atomic E-state index is 13.5. The third kappa shape index (κ3) is 2.33. The quantitative estimate of drug-likeness (QED) is 0.870. The van der Waals surface area contributed by atoms with E-state index in [0.29, 0.717) is 17.1 Å². The van der Waals surface area contributed by atoms with Gasteiger partial charge in [-0.1, -0.05) is 22.9 Å². The average molecular weight is 272 g/mol. The van der Waals surface area contributed by atoms with E-state index < -0.39 is 0 Å². The van der Waals surface area contributed by atoms with E-state index in [-0.39, 0.29) is 5.82 Å². The van der Waals surface area contributed by atoms with Crippen LogP contribution in [0, 0.1) is 11.2 Å². The molecule has 2 rings (SSSR count). The highest BCUT2D eigenvalue weighted by molar-refractivity contribution is 9.10. The van der Waals surface area contributed by atoms with Crippen LogP contribution in [0.25, 0.3) is 0 Å². The lowest BCUT2D eigenvalue weighted by atomic mass is 10.0. The molecule has 0 radical (unpaired) electrons. The summed E-state index contributed by atoms with van der Waals surface area (Å²) in [5.41, 5.74) is 0.944.